The Labute approximate surface area is 195 Å². The number of rotatable bonds is 3. The van der Waals surface area contributed by atoms with Gasteiger partial charge in [0, 0.05) is 30.4 Å². The number of ether oxygens (including phenoxy) is 1. The van der Waals surface area contributed by atoms with Gasteiger partial charge in [-0.2, -0.15) is 10.1 Å². The Morgan fingerprint density at radius 2 is 1.76 bits per heavy atom. The molecular formula is C25H23FN4O2S. The lowest BCUT2D eigenvalue weighted by atomic mass is 10.1. The van der Waals surface area contributed by atoms with Gasteiger partial charge in [-0.1, -0.05) is 18.2 Å². The quantitative estimate of drug-likeness (QED) is 0.526. The van der Waals surface area contributed by atoms with Crippen molar-refractivity contribution in [2.75, 3.05) is 13.1 Å². The van der Waals surface area contributed by atoms with Crippen molar-refractivity contribution in [2.24, 2.45) is 4.99 Å². The zero-order chi connectivity index (χ0) is 22.9. The van der Waals surface area contributed by atoms with Crippen molar-refractivity contribution in [3.05, 3.63) is 77.1 Å². The highest BCUT2D eigenvalue weighted by atomic mass is 32.2. The third-order valence-electron chi connectivity index (χ3n) is 5.47. The molecule has 3 heterocycles. The summed E-state index contributed by atoms with van der Waals surface area (Å²) in [6, 6.07) is 15.9. The first-order chi connectivity index (χ1) is 16.0. The summed E-state index contributed by atoms with van der Waals surface area (Å²) in [5.74, 6) is -0.575. The van der Waals surface area contributed by atoms with Gasteiger partial charge in [0.25, 0.3) is 5.91 Å². The molecule has 1 amide bonds. The Morgan fingerprint density at radius 3 is 2.45 bits per heavy atom. The minimum Gasteiger partial charge on any atom is -0.372 e. The van der Waals surface area contributed by atoms with E-state index in [1.54, 1.807) is 16.8 Å². The predicted molar refractivity (Wildman–Crippen MR) is 129 cm³/mol. The lowest BCUT2D eigenvalue weighted by Crippen LogP contribution is -2.47. The van der Waals surface area contributed by atoms with Gasteiger partial charge in [-0.15, -0.1) is 0 Å². The summed E-state index contributed by atoms with van der Waals surface area (Å²) in [6.45, 7) is 5.44. The van der Waals surface area contributed by atoms with Crippen molar-refractivity contribution in [3.63, 3.8) is 0 Å². The molecule has 1 fully saturated rings. The molecule has 33 heavy (non-hydrogen) atoms. The van der Waals surface area contributed by atoms with Crippen molar-refractivity contribution < 1.29 is 13.9 Å². The van der Waals surface area contributed by atoms with E-state index in [2.05, 4.69) is 9.89 Å². The van der Waals surface area contributed by atoms with E-state index in [0.717, 1.165) is 16.8 Å². The molecule has 0 radical (unpaired) electrons. The normalized spacial score (nSPS) is 22.2. The number of nitrogens with zero attached hydrogens (tertiary/aromatic N) is 4. The summed E-state index contributed by atoms with van der Waals surface area (Å²) in [5.41, 5.74) is 3.10. The lowest BCUT2D eigenvalue weighted by Gasteiger charge is -2.35. The van der Waals surface area contributed by atoms with Crippen LogP contribution < -0.4 is 0 Å². The van der Waals surface area contributed by atoms with Gasteiger partial charge in [0.1, 0.15) is 5.82 Å². The summed E-state index contributed by atoms with van der Waals surface area (Å²) < 4.78 is 21.1. The van der Waals surface area contributed by atoms with Gasteiger partial charge in [-0.25, -0.2) is 9.07 Å². The van der Waals surface area contributed by atoms with E-state index >= 15 is 0 Å². The molecule has 1 saturated heterocycles. The fraction of sp³-hybridized carbons (Fsp3) is 0.240. The molecule has 0 N–H and O–H groups in total. The van der Waals surface area contributed by atoms with Crippen molar-refractivity contribution in [1.82, 2.24) is 14.7 Å². The summed E-state index contributed by atoms with van der Waals surface area (Å²) in [4.78, 5) is 19.7. The lowest BCUT2D eigenvalue weighted by molar-refractivity contribution is -0.113. The van der Waals surface area contributed by atoms with E-state index in [0.29, 0.717) is 28.9 Å². The van der Waals surface area contributed by atoms with Crippen LogP contribution in [-0.4, -0.2) is 51.1 Å². The highest BCUT2D eigenvalue weighted by molar-refractivity contribution is 8.18. The number of para-hydroxylation sites is 1. The van der Waals surface area contributed by atoms with Crippen molar-refractivity contribution in [2.45, 2.75) is 26.1 Å². The minimum absolute atomic E-state index is 0.0781. The molecule has 2 unspecified atom stereocenters. The second-order valence-corrected chi connectivity index (χ2v) is 9.20. The summed E-state index contributed by atoms with van der Waals surface area (Å²) in [5, 5.41) is 5.44. The fourth-order valence-corrected chi connectivity index (χ4v) is 4.97. The first kappa shape index (κ1) is 21.6. The number of thioether (sulfide) groups is 1. The number of amidine groups is 1. The maximum absolute atomic E-state index is 13.5. The maximum atomic E-state index is 13.5. The number of hydrogen-bond acceptors (Lipinski definition) is 5. The van der Waals surface area contributed by atoms with E-state index in [1.807, 2.05) is 56.5 Å². The van der Waals surface area contributed by atoms with E-state index in [1.165, 1.54) is 23.9 Å². The molecule has 2 aromatic carbocycles. The average molecular weight is 463 g/mol. The van der Waals surface area contributed by atoms with Crippen LogP contribution >= 0.6 is 11.8 Å². The topological polar surface area (TPSA) is 59.7 Å². The first-order valence-corrected chi connectivity index (χ1v) is 11.6. The van der Waals surface area contributed by atoms with Crippen LogP contribution in [0.3, 0.4) is 0 Å². The van der Waals surface area contributed by atoms with E-state index in [4.69, 9.17) is 9.84 Å². The molecule has 0 aliphatic carbocycles. The largest absolute Gasteiger partial charge is 0.372 e. The van der Waals surface area contributed by atoms with Gasteiger partial charge in [0.05, 0.1) is 28.5 Å². The summed E-state index contributed by atoms with van der Waals surface area (Å²) in [7, 11) is 0. The molecule has 2 aliphatic heterocycles. The van der Waals surface area contributed by atoms with Gasteiger partial charge in [0.15, 0.2) is 5.17 Å². The zero-order valence-corrected chi connectivity index (χ0v) is 19.1. The number of amides is 1. The first-order valence-electron chi connectivity index (χ1n) is 10.8. The van der Waals surface area contributed by atoms with Crippen LogP contribution in [-0.2, 0) is 9.53 Å². The smallest absolute Gasteiger partial charge is 0.286 e. The number of morpholine rings is 1. The Bertz CT molecular complexity index is 1230. The number of halogens is 1. The molecular weight excluding hydrogens is 439 g/mol. The number of aromatic nitrogens is 2. The van der Waals surface area contributed by atoms with Crippen LogP contribution in [0.2, 0.25) is 0 Å². The molecule has 2 atom stereocenters. The Hall–Kier alpha value is -3.23. The average Bonchev–Trinajstić information content (AvgIpc) is 3.38. The molecule has 168 valence electrons. The number of hydrogen-bond donors (Lipinski definition) is 0. The fourth-order valence-electron chi connectivity index (χ4n) is 4.05. The standard InChI is InChI=1S/C25H23FN4O2S/c1-16-13-29(14-17(2)32-16)25-27-24(31)22(33-25)12-19-15-30(21-6-4-3-5-7-21)28-23(19)18-8-10-20(26)11-9-18/h3-12,15-17H,13-14H2,1-2H3/b22-12-. The monoisotopic (exact) mass is 462 g/mol. The third kappa shape index (κ3) is 4.62. The van der Waals surface area contributed by atoms with E-state index in [9.17, 15) is 9.18 Å². The van der Waals surface area contributed by atoms with Gasteiger partial charge < -0.3 is 9.64 Å². The van der Waals surface area contributed by atoms with Crippen molar-refractivity contribution in [1.29, 1.82) is 0 Å². The van der Waals surface area contributed by atoms with Crippen LogP contribution in [0.25, 0.3) is 23.0 Å². The van der Waals surface area contributed by atoms with Gasteiger partial charge in [-0.3, -0.25) is 4.79 Å². The van der Waals surface area contributed by atoms with Crippen LogP contribution in [0.15, 0.2) is 70.7 Å². The van der Waals surface area contributed by atoms with Gasteiger partial charge in [0.2, 0.25) is 0 Å². The molecule has 5 rings (SSSR count). The highest BCUT2D eigenvalue weighted by Crippen LogP contribution is 2.34. The molecule has 0 bridgehead atoms. The predicted octanol–water partition coefficient (Wildman–Crippen LogP) is 4.76. The number of benzene rings is 2. The summed E-state index contributed by atoms with van der Waals surface area (Å²) in [6.07, 6.45) is 3.86. The highest BCUT2D eigenvalue weighted by Gasteiger charge is 2.31. The minimum atomic E-state index is -0.310. The molecule has 3 aromatic rings. The van der Waals surface area contributed by atoms with Gasteiger partial charge in [-0.05, 0) is 68.1 Å². The van der Waals surface area contributed by atoms with E-state index < -0.39 is 0 Å². The van der Waals surface area contributed by atoms with Crippen LogP contribution in [0.4, 0.5) is 4.39 Å². The number of carbonyl (C=O) groups excluding carboxylic acids is 1. The maximum Gasteiger partial charge on any atom is 0.286 e. The molecule has 1 aromatic heterocycles. The van der Waals surface area contributed by atoms with Crippen molar-refractivity contribution in [3.8, 4) is 16.9 Å². The molecule has 0 saturated carbocycles. The SMILES string of the molecule is CC1CN(C2=NC(=O)/C(=C/c3cn(-c4ccccc4)nc3-c3ccc(F)cc3)S2)CC(C)O1. The number of aliphatic imine (C=N–C) groups is 1. The zero-order valence-electron chi connectivity index (χ0n) is 18.3. The van der Waals surface area contributed by atoms with Crippen LogP contribution in [0.1, 0.15) is 19.4 Å². The Kier molecular flexibility index (Phi) is 5.86. The summed E-state index contributed by atoms with van der Waals surface area (Å²) >= 11 is 1.37. The Morgan fingerprint density at radius 1 is 1.06 bits per heavy atom. The second-order valence-electron chi connectivity index (χ2n) is 8.19. The van der Waals surface area contributed by atoms with Crippen LogP contribution in [0, 0.1) is 5.82 Å². The van der Waals surface area contributed by atoms with Crippen molar-refractivity contribution >= 4 is 28.9 Å². The third-order valence-corrected chi connectivity index (χ3v) is 6.51. The van der Waals surface area contributed by atoms with Crippen LogP contribution in [0.5, 0.6) is 0 Å². The molecule has 0 spiro atoms. The molecule has 6 nitrogen and oxygen atoms in total. The molecule has 8 heteroatoms. The second kappa shape index (κ2) is 8.96. The van der Waals surface area contributed by atoms with E-state index in [-0.39, 0.29) is 23.9 Å². The number of carbonyl (C=O) groups is 1. The molecule has 2 aliphatic rings. The van der Waals surface area contributed by atoms with Gasteiger partial charge >= 0.3 is 0 Å². The Balaban J connectivity index is 1.49.